The van der Waals surface area contributed by atoms with Crippen LogP contribution in [0, 0.1) is 0 Å². The molecule has 0 saturated carbocycles. The number of hydrogen-bond acceptors (Lipinski definition) is 6. The van der Waals surface area contributed by atoms with Gasteiger partial charge in [0.2, 0.25) is 0 Å². The van der Waals surface area contributed by atoms with Crippen LogP contribution in [0.4, 0.5) is 4.79 Å². The molecule has 0 bridgehead atoms. The number of rotatable bonds is 10. The summed E-state index contributed by atoms with van der Waals surface area (Å²) in [6.45, 7) is 7.18. The van der Waals surface area contributed by atoms with Gasteiger partial charge in [-0.25, -0.2) is 0 Å². The van der Waals surface area contributed by atoms with Crippen LogP contribution in [-0.4, -0.2) is 49.5 Å². The summed E-state index contributed by atoms with van der Waals surface area (Å²) in [6.07, 6.45) is 3.94. The maximum Gasteiger partial charge on any atom is 0.293 e. The molecule has 1 aliphatic heterocycles. The minimum Gasteiger partial charge on any atom is -0.490 e. The van der Waals surface area contributed by atoms with Gasteiger partial charge in [-0.15, -0.1) is 0 Å². The lowest BCUT2D eigenvalue weighted by Gasteiger charge is -2.14. The van der Waals surface area contributed by atoms with Crippen molar-refractivity contribution in [2.24, 2.45) is 0 Å². The molecule has 0 aliphatic carbocycles. The number of methoxy groups -OCH3 is 1. The van der Waals surface area contributed by atoms with E-state index in [1.54, 1.807) is 25.3 Å². The summed E-state index contributed by atoms with van der Waals surface area (Å²) in [6, 6.07) is 3.60. The highest BCUT2D eigenvalue weighted by Crippen LogP contribution is 2.39. The van der Waals surface area contributed by atoms with Crippen LogP contribution in [-0.2, 0) is 9.53 Å². The number of thioether (sulfide) groups is 1. The van der Waals surface area contributed by atoms with Gasteiger partial charge in [-0.1, -0.05) is 12.7 Å². The van der Waals surface area contributed by atoms with Gasteiger partial charge < -0.3 is 14.2 Å². The first-order valence-corrected chi connectivity index (χ1v) is 10.1. The number of benzene rings is 1. The van der Waals surface area contributed by atoms with Crippen LogP contribution in [0.5, 0.6) is 11.5 Å². The summed E-state index contributed by atoms with van der Waals surface area (Å²) in [5.41, 5.74) is 0.735. The molecule has 0 unspecified atom stereocenters. The number of nitrogens with zero attached hydrogens (tertiary/aromatic N) is 1. The van der Waals surface area contributed by atoms with E-state index in [0.29, 0.717) is 53.7 Å². The number of halogens is 1. The third-order valence-corrected chi connectivity index (χ3v) is 5.08. The van der Waals surface area contributed by atoms with Crippen LogP contribution in [0.25, 0.3) is 6.08 Å². The monoisotopic (exact) mass is 455 g/mol. The van der Waals surface area contributed by atoms with E-state index in [0.717, 1.165) is 17.3 Å². The van der Waals surface area contributed by atoms with Crippen molar-refractivity contribution in [1.29, 1.82) is 0 Å². The Labute approximate surface area is 171 Å². The maximum atomic E-state index is 12.5. The second kappa shape index (κ2) is 10.5. The standard InChI is InChI=1S/C19H22BrNO5S/c1-4-8-26-17-14(20)10-13(11-15(17)25-5-2)12-16-18(22)21(19(23)27-16)7-6-9-24-3/h4,10-12H,1,5-9H2,2-3H3/b16-12+. The van der Waals surface area contributed by atoms with E-state index in [-0.39, 0.29) is 11.1 Å². The van der Waals surface area contributed by atoms with Crippen molar-refractivity contribution in [3.05, 3.63) is 39.7 Å². The maximum absolute atomic E-state index is 12.5. The molecule has 2 amide bonds. The molecule has 2 rings (SSSR count). The predicted molar refractivity (Wildman–Crippen MR) is 110 cm³/mol. The molecule has 0 aromatic heterocycles. The zero-order chi connectivity index (χ0) is 19.8. The summed E-state index contributed by atoms with van der Waals surface area (Å²) in [5, 5.41) is -0.266. The van der Waals surface area contributed by atoms with Gasteiger partial charge in [-0.05, 0) is 64.8 Å². The van der Waals surface area contributed by atoms with Crippen LogP contribution >= 0.6 is 27.7 Å². The SMILES string of the molecule is C=CCOc1c(Br)cc(/C=C2/SC(=O)N(CCCOC)C2=O)cc1OCC. The molecule has 1 aromatic rings. The highest BCUT2D eigenvalue weighted by Gasteiger charge is 2.34. The Balaban J connectivity index is 2.26. The fraction of sp³-hybridized carbons (Fsp3) is 0.368. The summed E-state index contributed by atoms with van der Waals surface area (Å²) >= 11 is 4.41. The van der Waals surface area contributed by atoms with Crippen molar-refractivity contribution in [1.82, 2.24) is 4.90 Å². The molecule has 6 nitrogen and oxygen atoms in total. The number of ether oxygens (including phenoxy) is 3. The van der Waals surface area contributed by atoms with Gasteiger partial charge in [0.05, 0.1) is 16.0 Å². The number of carbonyl (C=O) groups excluding carboxylic acids is 2. The van der Waals surface area contributed by atoms with Crippen molar-refractivity contribution >= 4 is 44.9 Å². The Hall–Kier alpha value is -1.77. The zero-order valence-electron chi connectivity index (χ0n) is 15.3. The fourth-order valence-electron chi connectivity index (χ4n) is 2.43. The molecule has 0 spiro atoms. The molecule has 8 heteroatoms. The first-order valence-electron chi connectivity index (χ1n) is 8.46. The second-order valence-electron chi connectivity index (χ2n) is 5.54. The fourth-order valence-corrected chi connectivity index (χ4v) is 3.87. The Bertz CT molecular complexity index is 750. The summed E-state index contributed by atoms with van der Waals surface area (Å²) in [5.74, 6) is 0.836. The molecule has 0 N–H and O–H groups in total. The van der Waals surface area contributed by atoms with Gasteiger partial charge in [0.1, 0.15) is 6.61 Å². The van der Waals surface area contributed by atoms with E-state index in [1.165, 1.54) is 4.90 Å². The lowest BCUT2D eigenvalue weighted by molar-refractivity contribution is -0.122. The number of amides is 2. The van der Waals surface area contributed by atoms with Crippen LogP contribution in [0.3, 0.4) is 0 Å². The largest absolute Gasteiger partial charge is 0.490 e. The van der Waals surface area contributed by atoms with Crippen LogP contribution in [0.1, 0.15) is 18.9 Å². The molecule has 0 radical (unpaired) electrons. The van der Waals surface area contributed by atoms with Gasteiger partial charge in [0, 0.05) is 20.3 Å². The minimum atomic E-state index is -0.290. The van der Waals surface area contributed by atoms with Crippen molar-refractivity contribution in [3.8, 4) is 11.5 Å². The van der Waals surface area contributed by atoms with Crippen LogP contribution < -0.4 is 9.47 Å². The van der Waals surface area contributed by atoms with Crippen molar-refractivity contribution < 1.29 is 23.8 Å². The summed E-state index contributed by atoms with van der Waals surface area (Å²) in [4.78, 5) is 26.3. The molecule has 1 heterocycles. The lowest BCUT2D eigenvalue weighted by atomic mass is 10.2. The smallest absolute Gasteiger partial charge is 0.293 e. The van der Waals surface area contributed by atoms with Gasteiger partial charge in [0.15, 0.2) is 11.5 Å². The third-order valence-electron chi connectivity index (χ3n) is 3.58. The minimum absolute atomic E-state index is 0.266. The molecule has 27 heavy (non-hydrogen) atoms. The molecule has 1 aliphatic rings. The summed E-state index contributed by atoms with van der Waals surface area (Å²) < 4.78 is 17.0. The van der Waals surface area contributed by atoms with E-state index in [1.807, 2.05) is 13.0 Å². The predicted octanol–water partition coefficient (Wildman–Crippen LogP) is 4.49. The van der Waals surface area contributed by atoms with E-state index in [4.69, 9.17) is 14.2 Å². The number of imide groups is 1. The van der Waals surface area contributed by atoms with Gasteiger partial charge >= 0.3 is 0 Å². The van der Waals surface area contributed by atoms with E-state index in [9.17, 15) is 9.59 Å². The van der Waals surface area contributed by atoms with Gasteiger partial charge in [-0.2, -0.15) is 0 Å². The Morgan fingerprint density at radius 2 is 2.07 bits per heavy atom. The van der Waals surface area contributed by atoms with Gasteiger partial charge in [0.25, 0.3) is 11.1 Å². The van der Waals surface area contributed by atoms with Crippen molar-refractivity contribution in [3.63, 3.8) is 0 Å². The Kier molecular flexibility index (Phi) is 8.40. The quantitative estimate of drug-likeness (QED) is 0.294. The second-order valence-corrected chi connectivity index (χ2v) is 7.39. The van der Waals surface area contributed by atoms with E-state index in [2.05, 4.69) is 22.5 Å². The van der Waals surface area contributed by atoms with Crippen molar-refractivity contribution in [2.75, 3.05) is 33.5 Å². The lowest BCUT2D eigenvalue weighted by Crippen LogP contribution is -2.29. The van der Waals surface area contributed by atoms with E-state index < -0.39 is 0 Å². The Morgan fingerprint density at radius 1 is 1.30 bits per heavy atom. The highest BCUT2D eigenvalue weighted by molar-refractivity contribution is 9.10. The van der Waals surface area contributed by atoms with Crippen molar-refractivity contribution in [2.45, 2.75) is 13.3 Å². The van der Waals surface area contributed by atoms with Crippen LogP contribution in [0.2, 0.25) is 0 Å². The molecular formula is C19H22BrNO5S. The first-order chi connectivity index (χ1) is 13.0. The normalized spacial score (nSPS) is 15.5. The average Bonchev–Trinajstić information content (AvgIpc) is 2.89. The van der Waals surface area contributed by atoms with Gasteiger partial charge in [-0.3, -0.25) is 14.5 Å². The average molecular weight is 456 g/mol. The van der Waals surface area contributed by atoms with E-state index >= 15 is 0 Å². The number of hydrogen-bond donors (Lipinski definition) is 0. The molecule has 146 valence electrons. The number of carbonyl (C=O) groups is 2. The van der Waals surface area contributed by atoms with Crippen LogP contribution in [0.15, 0.2) is 34.2 Å². The first kappa shape index (κ1) is 21.5. The third kappa shape index (κ3) is 5.60. The highest BCUT2D eigenvalue weighted by atomic mass is 79.9. The molecular weight excluding hydrogens is 434 g/mol. The topological polar surface area (TPSA) is 65.1 Å². The summed E-state index contributed by atoms with van der Waals surface area (Å²) in [7, 11) is 1.59. The molecule has 1 aromatic carbocycles. The molecule has 1 saturated heterocycles. The molecule has 1 fully saturated rings. The zero-order valence-corrected chi connectivity index (χ0v) is 17.7. The Morgan fingerprint density at radius 3 is 2.74 bits per heavy atom. The molecule has 0 atom stereocenters.